The van der Waals surface area contributed by atoms with Gasteiger partial charge in [-0.3, -0.25) is 9.59 Å². The van der Waals surface area contributed by atoms with E-state index in [0.29, 0.717) is 29.8 Å². The smallest absolute Gasteiger partial charge is 0.295 e. The maximum Gasteiger partial charge on any atom is 0.295 e. The first-order valence-electron chi connectivity index (χ1n) is 9.80. The standard InChI is InChI=1S/C23H25FN2O4/c1-25(2)12-5-13-26-20(15-8-10-17(24)11-9-15)19(22(28)23(26)29)21(27)16-6-4-7-18(14-16)30-3/h4,6-11,14,20,27H,5,12-13H2,1-3H3/p+1/t20-/m0/s1. The zero-order valence-electron chi connectivity index (χ0n) is 17.3. The van der Waals surface area contributed by atoms with Crippen LogP contribution in [0.3, 0.4) is 0 Å². The first-order valence-corrected chi connectivity index (χ1v) is 9.80. The minimum absolute atomic E-state index is 0.00272. The molecule has 30 heavy (non-hydrogen) atoms. The highest BCUT2D eigenvalue weighted by Gasteiger charge is 2.45. The van der Waals surface area contributed by atoms with Crippen LogP contribution < -0.4 is 9.64 Å². The number of Topliss-reactive ketones (excluding diaryl/α,β-unsaturated/α-hetero) is 1. The zero-order chi connectivity index (χ0) is 21.8. The first kappa shape index (κ1) is 21.5. The molecule has 7 heteroatoms. The number of quaternary nitrogens is 1. The van der Waals surface area contributed by atoms with Crippen LogP contribution in [0, 0.1) is 5.82 Å². The van der Waals surface area contributed by atoms with E-state index in [-0.39, 0.29) is 11.3 Å². The molecule has 0 spiro atoms. The molecule has 2 N–H and O–H groups in total. The number of nitrogens with one attached hydrogen (secondary N) is 1. The van der Waals surface area contributed by atoms with Gasteiger partial charge in [0.2, 0.25) is 0 Å². The number of aliphatic hydroxyl groups is 1. The van der Waals surface area contributed by atoms with Crippen LogP contribution in [0.1, 0.15) is 23.6 Å². The number of carbonyl (C=O) groups is 2. The van der Waals surface area contributed by atoms with Crippen LogP contribution >= 0.6 is 0 Å². The van der Waals surface area contributed by atoms with E-state index in [1.807, 2.05) is 14.1 Å². The van der Waals surface area contributed by atoms with Gasteiger partial charge in [0.1, 0.15) is 17.3 Å². The molecule has 158 valence electrons. The highest BCUT2D eigenvalue weighted by Crippen LogP contribution is 2.39. The lowest BCUT2D eigenvalue weighted by molar-refractivity contribution is -0.858. The number of nitrogens with zero attached hydrogens (tertiary/aromatic N) is 1. The Labute approximate surface area is 175 Å². The molecule has 0 saturated carbocycles. The van der Waals surface area contributed by atoms with Gasteiger partial charge in [-0.05, 0) is 29.8 Å². The van der Waals surface area contributed by atoms with Gasteiger partial charge in [-0.2, -0.15) is 0 Å². The molecule has 2 aromatic rings. The van der Waals surface area contributed by atoms with Crippen LogP contribution in [0.2, 0.25) is 0 Å². The van der Waals surface area contributed by atoms with Gasteiger partial charge in [-0.25, -0.2) is 4.39 Å². The van der Waals surface area contributed by atoms with Crippen LogP contribution in [0.5, 0.6) is 5.75 Å². The molecule has 0 aromatic heterocycles. The predicted octanol–water partition coefficient (Wildman–Crippen LogP) is 1.79. The molecule has 1 heterocycles. The summed E-state index contributed by atoms with van der Waals surface area (Å²) in [6.07, 6.45) is 0.687. The third kappa shape index (κ3) is 4.36. The quantitative estimate of drug-likeness (QED) is 0.413. The largest absolute Gasteiger partial charge is 0.507 e. The van der Waals surface area contributed by atoms with E-state index in [0.717, 1.165) is 6.54 Å². The van der Waals surface area contributed by atoms with Crippen molar-refractivity contribution in [2.24, 2.45) is 0 Å². The van der Waals surface area contributed by atoms with Crippen LogP contribution in [0.4, 0.5) is 4.39 Å². The summed E-state index contributed by atoms with van der Waals surface area (Å²) in [7, 11) is 5.52. The molecule has 1 saturated heterocycles. The van der Waals surface area contributed by atoms with Crippen molar-refractivity contribution in [2.45, 2.75) is 12.5 Å². The Kier molecular flexibility index (Phi) is 6.52. The maximum absolute atomic E-state index is 13.5. The molecule has 1 atom stereocenters. The number of amides is 1. The molecule has 1 aliphatic rings. The summed E-state index contributed by atoms with van der Waals surface area (Å²) in [4.78, 5) is 28.4. The fraction of sp³-hybridized carbons (Fsp3) is 0.304. The Morgan fingerprint density at radius 1 is 1.17 bits per heavy atom. The third-order valence-electron chi connectivity index (χ3n) is 5.14. The number of hydrogen-bond donors (Lipinski definition) is 2. The number of hydrogen-bond acceptors (Lipinski definition) is 4. The van der Waals surface area contributed by atoms with Crippen molar-refractivity contribution < 1.29 is 28.7 Å². The Morgan fingerprint density at radius 3 is 2.50 bits per heavy atom. The number of benzene rings is 2. The van der Waals surface area contributed by atoms with Crippen molar-refractivity contribution in [2.75, 3.05) is 34.3 Å². The van der Waals surface area contributed by atoms with E-state index in [9.17, 15) is 19.1 Å². The van der Waals surface area contributed by atoms with Crippen LogP contribution in [0.15, 0.2) is 54.1 Å². The molecule has 0 bridgehead atoms. The van der Waals surface area contributed by atoms with Gasteiger partial charge in [0.25, 0.3) is 11.7 Å². The van der Waals surface area contributed by atoms with Gasteiger partial charge in [-0.1, -0.05) is 24.3 Å². The molecule has 1 fully saturated rings. The van der Waals surface area contributed by atoms with E-state index >= 15 is 0 Å². The number of ketones is 1. The summed E-state index contributed by atoms with van der Waals surface area (Å²) < 4.78 is 18.7. The number of rotatable bonds is 7. The minimum Gasteiger partial charge on any atom is -0.507 e. The fourth-order valence-electron chi connectivity index (χ4n) is 3.63. The summed E-state index contributed by atoms with van der Waals surface area (Å²) in [5.41, 5.74) is 0.937. The van der Waals surface area contributed by atoms with E-state index in [1.54, 1.807) is 24.3 Å². The van der Waals surface area contributed by atoms with Crippen molar-refractivity contribution in [1.29, 1.82) is 0 Å². The number of aliphatic hydroxyl groups excluding tert-OH is 1. The van der Waals surface area contributed by atoms with Gasteiger partial charge >= 0.3 is 0 Å². The van der Waals surface area contributed by atoms with E-state index < -0.39 is 23.5 Å². The Morgan fingerprint density at radius 2 is 1.87 bits per heavy atom. The molecule has 2 aromatic carbocycles. The Balaban J connectivity index is 2.09. The van der Waals surface area contributed by atoms with Crippen molar-refractivity contribution in [3.8, 4) is 5.75 Å². The zero-order valence-corrected chi connectivity index (χ0v) is 17.3. The maximum atomic E-state index is 13.5. The van der Waals surface area contributed by atoms with Crippen LogP contribution in [0.25, 0.3) is 5.76 Å². The van der Waals surface area contributed by atoms with Crippen molar-refractivity contribution in [3.63, 3.8) is 0 Å². The average molecular weight is 413 g/mol. The number of carbonyl (C=O) groups excluding carboxylic acids is 2. The second kappa shape index (κ2) is 9.09. The normalized spacial score (nSPS) is 18.3. The molecule has 0 radical (unpaired) electrons. The molecule has 0 aliphatic carbocycles. The van der Waals surface area contributed by atoms with Gasteiger partial charge in [0.05, 0.1) is 39.4 Å². The topological polar surface area (TPSA) is 71.3 Å². The van der Waals surface area contributed by atoms with Crippen molar-refractivity contribution in [3.05, 3.63) is 71.0 Å². The highest BCUT2D eigenvalue weighted by molar-refractivity contribution is 6.46. The molecular formula is C23H26FN2O4+. The number of ether oxygens (including phenoxy) is 1. The van der Waals surface area contributed by atoms with Crippen molar-refractivity contribution in [1.82, 2.24) is 4.90 Å². The fourth-order valence-corrected chi connectivity index (χ4v) is 3.63. The second-order valence-electron chi connectivity index (χ2n) is 7.59. The van der Waals surface area contributed by atoms with E-state index in [1.165, 1.54) is 41.2 Å². The number of likely N-dealkylation sites (tertiary alicyclic amines) is 1. The third-order valence-corrected chi connectivity index (χ3v) is 5.14. The number of halogens is 1. The SMILES string of the molecule is COc1cccc(C(O)=C2C(=O)C(=O)N(CCC[NH+](C)C)[C@H]2c2ccc(F)cc2)c1. The van der Waals surface area contributed by atoms with Gasteiger partial charge in [0.15, 0.2) is 0 Å². The molecule has 1 aliphatic heterocycles. The summed E-state index contributed by atoms with van der Waals surface area (Å²) in [6, 6.07) is 11.5. The van der Waals surface area contributed by atoms with E-state index in [2.05, 4.69) is 0 Å². The summed E-state index contributed by atoms with van der Waals surface area (Å²) in [6.45, 7) is 1.17. The average Bonchev–Trinajstić information content (AvgIpc) is 2.98. The summed E-state index contributed by atoms with van der Waals surface area (Å²) in [5, 5.41) is 11.0. The van der Waals surface area contributed by atoms with E-state index in [4.69, 9.17) is 4.74 Å². The minimum atomic E-state index is -0.783. The summed E-state index contributed by atoms with van der Waals surface area (Å²) >= 11 is 0. The van der Waals surface area contributed by atoms with Crippen LogP contribution in [-0.4, -0.2) is 56.0 Å². The molecule has 1 amide bonds. The van der Waals surface area contributed by atoms with Gasteiger partial charge in [0, 0.05) is 18.5 Å². The monoisotopic (exact) mass is 413 g/mol. The lowest BCUT2D eigenvalue weighted by atomic mass is 9.95. The predicted molar refractivity (Wildman–Crippen MR) is 111 cm³/mol. The van der Waals surface area contributed by atoms with Crippen molar-refractivity contribution >= 4 is 17.4 Å². The molecule has 6 nitrogen and oxygen atoms in total. The first-order chi connectivity index (χ1) is 14.3. The molecular weight excluding hydrogens is 387 g/mol. The second-order valence-corrected chi connectivity index (χ2v) is 7.59. The summed E-state index contributed by atoms with van der Waals surface area (Å²) in [5.74, 6) is -1.59. The Hall–Kier alpha value is -3.19. The van der Waals surface area contributed by atoms with Crippen LogP contribution in [-0.2, 0) is 9.59 Å². The molecule has 3 rings (SSSR count). The lowest BCUT2D eigenvalue weighted by Crippen LogP contribution is -3.05. The van der Waals surface area contributed by atoms with Gasteiger partial charge < -0.3 is 19.6 Å². The van der Waals surface area contributed by atoms with Gasteiger partial charge in [-0.15, -0.1) is 0 Å². The molecule has 0 unspecified atom stereocenters. The lowest BCUT2D eigenvalue weighted by Gasteiger charge is -2.25. The number of methoxy groups -OCH3 is 1. The highest BCUT2D eigenvalue weighted by atomic mass is 19.1. The Bertz CT molecular complexity index is 969.